The highest BCUT2D eigenvalue weighted by atomic mass is 32.1. The molecule has 0 aromatic carbocycles. The van der Waals surface area contributed by atoms with Gasteiger partial charge in [0, 0.05) is 25.7 Å². The first-order chi connectivity index (χ1) is 11.8. The molecule has 2 aromatic rings. The van der Waals surface area contributed by atoms with Gasteiger partial charge in [0.1, 0.15) is 10.9 Å². The second kappa shape index (κ2) is 6.75. The molecule has 2 aromatic heterocycles. The maximum absolute atomic E-state index is 13.6. The summed E-state index contributed by atoms with van der Waals surface area (Å²) in [5.74, 6) is -0.617. The summed E-state index contributed by atoms with van der Waals surface area (Å²) < 4.78 is 41.2. The second-order valence-corrected chi connectivity index (χ2v) is 6.89. The van der Waals surface area contributed by atoms with Crippen molar-refractivity contribution in [2.24, 2.45) is 0 Å². The van der Waals surface area contributed by atoms with E-state index in [1.165, 1.54) is 22.3 Å². The van der Waals surface area contributed by atoms with Crippen LogP contribution in [0.15, 0.2) is 22.6 Å². The first-order valence-electron chi connectivity index (χ1n) is 7.80. The molecule has 3 heterocycles. The molecule has 0 saturated carbocycles. The number of amides is 1. The predicted molar refractivity (Wildman–Crippen MR) is 87.6 cm³/mol. The molecule has 3 rings (SSSR count). The molecule has 1 saturated heterocycles. The number of aromatic nitrogens is 2. The highest BCUT2D eigenvalue weighted by molar-refractivity contribution is 7.16. The van der Waals surface area contributed by atoms with Crippen molar-refractivity contribution in [1.29, 1.82) is 0 Å². The molecule has 1 aliphatic rings. The van der Waals surface area contributed by atoms with Gasteiger partial charge in [-0.05, 0) is 18.4 Å². The van der Waals surface area contributed by atoms with Crippen LogP contribution in [0.3, 0.4) is 0 Å². The Morgan fingerprint density at radius 1 is 1.52 bits per heavy atom. The van der Waals surface area contributed by atoms with Crippen LogP contribution in [-0.4, -0.2) is 52.2 Å². The third-order valence-corrected chi connectivity index (χ3v) is 5.13. The number of rotatable bonds is 3. The smallest absolute Gasteiger partial charge is 0.337 e. The van der Waals surface area contributed by atoms with Crippen molar-refractivity contribution in [3.05, 3.63) is 28.1 Å². The summed E-state index contributed by atoms with van der Waals surface area (Å²) >= 11 is 1.18. The topological polar surface area (TPSA) is 67.2 Å². The Morgan fingerprint density at radius 2 is 2.28 bits per heavy atom. The number of hydrogen-bond donors (Lipinski definition) is 1. The quantitative estimate of drug-likeness (QED) is 0.889. The Balaban J connectivity index is 1.93. The van der Waals surface area contributed by atoms with Crippen molar-refractivity contribution in [3.8, 4) is 0 Å². The van der Waals surface area contributed by atoms with Crippen molar-refractivity contribution in [2.75, 3.05) is 19.6 Å². The highest BCUT2D eigenvalue weighted by Gasteiger charge is 2.44. The lowest BCUT2D eigenvalue weighted by Gasteiger charge is -2.35. The number of halogens is 3. The lowest BCUT2D eigenvalue weighted by molar-refractivity contribution is -0.176. The number of fused-ring (bicyclic) bond motifs is 1. The molecule has 0 aliphatic carbocycles. The van der Waals surface area contributed by atoms with Crippen LogP contribution in [0.5, 0.6) is 0 Å². The first-order valence-corrected chi connectivity index (χ1v) is 8.68. The Morgan fingerprint density at radius 3 is 2.96 bits per heavy atom. The normalized spacial score (nSPS) is 20.0. The van der Waals surface area contributed by atoms with Gasteiger partial charge in [0.15, 0.2) is 0 Å². The molecule has 1 N–H and O–H groups in total. The monoisotopic (exact) mass is 374 g/mol. The summed E-state index contributed by atoms with van der Waals surface area (Å²) in [4.78, 5) is 30.5. The summed E-state index contributed by atoms with van der Waals surface area (Å²) in [5, 5.41) is 4.81. The van der Waals surface area contributed by atoms with Crippen LogP contribution in [0.25, 0.3) is 10.2 Å². The van der Waals surface area contributed by atoms with E-state index in [0.717, 1.165) is 6.33 Å². The number of carbonyl (C=O) groups is 1. The zero-order chi connectivity index (χ0) is 18.2. The van der Waals surface area contributed by atoms with Gasteiger partial charge >= 0.3 is 6.18 Å². The number of carbonyl (C=O) groups excluding carboxylic acids is 1. The lowest BCUT2D eigenvalue weighted by Crippen LogP contribution is -2.53. The van der Waals surface area contributed by atoms with Gasteiger partial charge in [-0.1, -0.05) is 0 Å². The van der Waals surface area contributed by atoms with E-state index >= 15 is 0 Å². The maximum Gasteiger partial charge on any atom is 0.409 e. The van der Waals surface area contributed by atoms with Crippen LogP contribution in [0.4, 0.5) is 13.2 Å². The molecule has 10 heteroatoms. The second-order valence-electron chi connectivity index (χ2n) is 6.00. The van der Waals surface area contributed by atoms with Crippen LogP contribution in [-0.2, 0) is 4.79 Å². The third-order valence-electron chi connectivity index (χ3n) is 4.31. The number of thiophene rings is 1. The Hall–Kier alpha value is -1.94. The van der Waals surface area contributed by atoms with Gasteiger partial charge in [0.2, 0.25) is 5.91 Å². The van der Waals surface area contributed by atoms with Crippen LogP contribution < -0.4 is 10.9 Å². The highest BCUT2D eigenvalue weighted by Crippen LogP contribution is 2.33. The molecular formula is C15H17F3N4O2S. The zero-order valence-electron chi connectivity index (χ0n) is 13.4. The molecule has 0 bridgehead atoms. The fourth-order valence-electron chi connectivity index (χ4n) is 2.96. The molecule has 0 spiro atoms. The summed E-state index contributed by atoms with van der Waals surface area (Å²) in [6, 6.07) is -0.977. The number of alkyl halides is 3. The fraction of sp³-hybridized carbons (Fsp3) is 0.533. The summed E-state index contributed by atoms with van der Waals surface area (Å²) in [5.41, 5.74) is -0.783. The lowest BCUT2D eigenvalue weighted by atomic mass is 10.1. The Labute approximate surface area is 145 Å². The molecule has 136 valence electrons. The van der Waals surface area contributed by atoms with E-state index in [-0.39, 0.29) is 11.4 Å². The van der Waals surface area contributed by atoms with Crippen LogP contribution in [0, 0.1) is 0 Å². The van der Waals surface area contributed by atoms with Crippen molar-refractivity contribution < 1.29 is 18.0 Å². The van der Waals surface area contributed by atoms with Crippen molar-refractivity contribution >= 4 is 27.5 Å². The molecule has 0 radical (unpaired) electrons. The van der Waals surface area contributed by atoms with E-state index in [1.54, 1.807) is 12.3 Å². The van der Waals surface area contributed by atoms with Crippen molar-refractivity contribution in [1.82, 2.24) is 19.8 Å². The van der Waals surface area contributed by atoms with Gasteiger partial charge < -0.3 is 10.2 Å². The van der Waals surface area contributed by atoms with E-state index in [2.05, 4.69) is 10.3 Å². The Bertz CT molecular complexity index is 832. The van der Waals surface area contributed by atoms with E-state index in [4.69, 9.17) is 0 Å². The number of piperazine rings is 1. The number of nitrogens with one attached hydrogen (secondary N) is 1. The number of hydrogen-bond acceptors (Lipinski definition) is 5. The van der Waals surface area contributed by atoms with Gasteiger partial charge in [-0.15, -0.1) is 11.3 Å². The van der Waals surface area contributed by atoms with Gasteiger partial charge in [0.25, 0.3) is 5.56 Å². The van der Waals surface area contributed by atoms with E-state index in [1.807, 2.05) is 0 Å². The summed E-state index contributed by atoms with van der Waals surface area (Å²) in [6.07, 6.45) is -4.67. The van der Waals surface area contributed by atoms with Crippen molar-refractivity contribution in [3.63, 3.8) is 0 Å². The van der Waals surface area contributed by atoms with E-state index in [9.17, 15) is 22.8 Å². The van der Waals surface area contributed by atoms with E-state index < -0.39 is 30.1 Å². The fourth-order valence-corrected chi connectivity index (χ4v) is 3.68. The largest absolute Gasteiger partial charge is 0.409 e. The average Bonchev–Trinajstić information content (AvgIpc) is 3.02. The molecule has 2 atom stereocenters. The summed E-state index contributed by atoms with van der Waals surface area (Å²) in [7, 11) is 0. The van der Waals surface area contributed by atoms with Gasteiger partial charge in [0.05, 0.1) is 18.1 Å². The maximum atomic E-state index is 13.6. The zero-order valence-corrected chi connectivity index (χ0v) is 14.2. The molecule has 1 unspecified atom stereocenters. The predicted octanol–water partition coefficient (Wildman–Crippen LogP) is 1.77. The van der Waals surface area contributed by atoms with Crippen LogP contribution in [0.2, 0.25) is 0 Å². The SMILES string of the molecule is C[C@@H]1CNCCN1C(=O)CC(n1cnc2sccc2c1=O)C(F)(F)F. The van der Waals surface area contributed by atoms with Crippen LogP contribution in [0.1, 0.15) is 19.4 Å². The Kier molecular flexibility index (Phi) is 4.83. The van der Waals surface area contributed by atoms with Crippen LogP contribution >= 0.6 is 11.3 Å². The number of nitrogens with zero attached hydrogens (tertiary/aromatic N) is 3. The molecule has 1 fully saturated rings. The van der Waals surface area contributed by atoms with Gasteiger partial charge in [-0.25, -0.2) is 4.98 Å². The first kappa shape index (κ1) is 17.9. The minimum Gasteiger partial charge on any atom is -0.337 e. The van der Waals surface area contributed by atoms with E-state index in [0.29, 0.717) is 29.0 Å². The molecule has 1 amide bonds. The third kappa shape index (κ3) is 3.54. The van der Waals surface area contributed by atoms with Gasteiger partial charge in [-0.2, -0.15) is 13.2 Å². The molecular weight excluding hydrogens is 357 g/mol. The minimum atomic E-state index is -4.73. The molecule has 25 heavy (non-hydrogen) atoms. The molecule has 6 nitrogen and oxygen atoms in total. The standard InChI is InChI=1S/C15H17F3N4O2S/c1-9-7-19-3-4-21(9)12(23)6-11(15(16,17)18)22-8-20-13-10(14(22)24)2-5-25-13/h2,5,8-9,11,19H,3-4,6-7H2,1H3/t9-,11?/m1/s1. The average molecular weight is 374 g/mol. The summed E-state index contributed by atoms with van der Waals surface area (Å²) in [6.45, 7) is 3.19. The van der Waals surface area contributed by atoms with Crippen molar-refractivity contribution in [2.45, 2.75) is 31.6 Å². The van der Waals surface area contributed by atoms with Gasteiger partial charge in [-0.3, -0.25) is 14.2 Å². The minimum absolute atomic E-state index is 0.129. The molecule has 1 aliphatic heterocycles.